The molecule has 2 aromatic carbocycles. The Hall–Kier alpha value is -3.06. The maximum Gasteiger partial charge on any atom is 0.328 e. The number of aromatic nitrogens is 2. The zero-order valence-corrected chi connectivity index (χ0v) is 17.7. The van der Waals surface area contributed by atoms with Gasteiger partial charge in [0, 0.05) is 38.7 Å². The smallest absolute Gasteiger partial charge is 0.328 e. The molecule has 30 heavy (non-hydrogen) atoms. The predicted molar refractivity (Wildman–Crippen MR) is 117 cm³/mol. The van der Waals surface area contributed by atoms with Gasteiger partial charge in [-0.3, -0.25) is 13.9 Å². The molecule has 0 spiro atoms. The molecule has 1 N–H and O–H groups in total. The van der Waals surface area contributed by atoms with Crippen LogP contribution >= 0.6 is 0 Å². The van der Waals surface area contributed by atoms with E-state index in [1.807, 2.05) is 55.5 Å². The Morgan fingerprint density at radius 1 is 1.13 bits per heavy atom. The molecule has 0 unspecified atom stereocenters. The summed E-state index contributed by atoms with van der Waals surface area (Å²) in [5, 5.41) is 9.91. The molecule has 0 aliphatic rings. The van der Waals surface area contributed by atoms with Gasteiger partial charge >= 0.3 is 5.69 Å². The number of benzene rings is 2. The van der Waals surface area contributed by atoms with Crippen LogP contribution in [-0.2, 0) is 24.9 Å². The van der Waals surface area contributed by atoms with Crippen molar-refractivity contribution < 1.29 is 14.6 Å². The second kappa shape index (κ2) is 9.63. The van der Waals surface area contributed by atoms with Gasteiger partial charge in [0.05, 0.1) is 23.7 Å². The number of para-hydroxylation sites is 3. The van der Waals surface area contributed by atoms with Gasteiger partial charge in [-0.05, 0) is 32.0 Å². The van der Waals surface area contributed by atoms with Crippen LogP contribution in [0, 0.1) is 0 Å². The fourth-order valence-corrected chi connectivity index (χ4v) is 3.65. The van der Waals surface area contributed by atoms with Crippen molar-refractivity contribution in [2.75, 3.05) is 13.2 Å². The Kier molecular flexibility index (Phi) is 6.95. The summed E-state index contributed by atoms with van der Waals surface area (Å²) in [6.45, 7) is 4.93. The lowest BCUT2D eigenvalue weighted by Crippen LogP contribution is -2.37. The third kappa shape index (κ3) is 4.74. The summed E-state index contributed by atoms with van der Waals surface area (Å²) in [4.78, 5) is 27.3. The standard InChI is InChI=1S/C23H29N3O4/c1-4-30-21-12-8-5-9-18(21)16-25(15-17(2)27)22(28)13-14-26-20-11-7-6-10-19(20)24(3)23(26)29/h5-12,17,27H,4,13-16H2,1-3H3/t17-/m1/s1. The molecule has 1 heterocycles. The molecule has 3 aromatic rings. The number of aryl methyl sites for hydroxylation is 2. The second-order valence-electron chi connectivity index (χ2n) is 7.40. The van der Waals surface area contributed by atoms with Gasteiger partial charge in [0.2, 0.25) is 5.91 Å². The summed E-state index contributed by atoms with van der Waals surface area (Å²) < 4.78 is 8.89. The molecular weight excluding hydrogens is 382 g/mol. The van der Waals surface area contributed by atoms with Crippen LogP contribution in [0.15, 0.2) is 53.3 Å². The van der Waals surface area contributed by atoms with E-state index in [2.05, 4.69) is 0 Å². The Morgan fingerprint density at radius 3 is 2.50 bits per heavy atom. The van der Waals surface area contributed by atoms with Crippen molar-refractivity contribution in [2.45, 2.75) is 39.5 Å². The third-order valence-electron chi connectivity index (χ3n) is 5.07. The lowest BCUT2D eigenvalue weighted by Gasteiger charge is -2.25. The van der Waals surface area contributed by atoms with E-state index in [9.17, 15) is 14.7 Å². The third-order valence-corrected chi connectivity index (χ3v) is 5.07. The Bertz CT molecular complexity index is 1070. The number of hydrogen-bond acceptors (Lipinski definition) is 4. The molecule has 7 nitrogen and oxygen atoms in total. The highest BCUT2D eigenvalue weighted by atomic mass is 16.5. The lowest BCUT2D eigenvalue weighted by molar-refractivity contribution is -0.133. The summed E-state index contributed by atoms with van der Waals surface area (Å²) in [6, 6.07) is 15.1. The first-order chi connectivity index (χ1) is 14.4. The SMILES string of the molecule is CCOc1ccccc1CN(C[C@@H](C)O)C(=O)CCn1c(=O)n(C)c2ccccc21. The Labute approximate surface area is 176 Å². The number of carbonyl (C=O) groups is 1. The van der Waals surface area contributed by atoms with E-state index in [0.717, 1.165) is 22.3 Å². The van der Waals surface area contributed by atoms with Crippen LogP contribution in [0.25, 0.3) is 11.0 Å². The summed E-state index contributed by atoms with van der Waals surface area (Å²) in [5.41, 5.74) is 2.38. The summed E-state index contributed by atoms with van der Waals surface area (Å²) in [6.07, 6.45) is -0.495. The summed E-state index contributed by atoms with van der Waals surface area (Å²) in [7, 11) is 1.73. The number of aliphatic hydroxyl groups is 1. The van der Waals surface area contributed by atoms with Crippen LogP contribution in [0.3, 0.4) is 0 Å². The van der Waals surface area contributed by atoms with Crippen molar-refractivity contribution in [3.8, 4) is 5.75 Å². The van der Waals surface area contributed by atoms with Gasteiger partial charge in [0.25, 0.3) is 0 Å². The fourth-order valence-electron chi connectivity index (χ4n) is 3.65. The molecule has 0 bridgehead atoms. The Morgan fingerprint density at radius 2 is 1.80 bits per heavy atom. The molecule has 1 aromatic heterocycles. The lowest BCUT2D eigenvalue weighted by atomic mass is 10.1. The zero-order valence-electron chi connectivity index (χ0n) is 17.7. The molecule has 1 amide bonds. The van der Waals surface area contributed by atoms with Crippen molar-refractivity contribution in [1.29, 1.82) is 0 Å². The molecule has 1 atom stereocenters. The minimum absolute atomic E-state index is 0.123. The summed E-state index contributed by atoms with van der Waals surface area (Å²) >= 11 is 0. The second-order valence-corrected chi connectivity index (χ2v) is 7.40. The maximum atomic E-state index is 13.0. The number of imidazole rings is 1. The fraction of sp³-hybridized carbons (Fsp3) is 0.391. The van der Waals surface area contributed by atoms with E-state index in [-0.39, 0.29) is 31.1 Å². The van der Waals surface area contributed by atoms with Gasteiger partial charge in [-0.2, -0.15) is 0 Å². The quantitative estimate of drug-likeness (QED) is 0.587. The number of nitrogens with zero attached hydrogens (tertiary/aromatic N) is 3. The first-order valence-corrected chi connectivity index (χ1v) is 10.2. The number of aliphatic hydroxyl groups excluding tert-OH is 1. The minimum Gasteiger partial charge on any atom is -0.494 e. The highest BCUT2D eigenvalue weighted by Crippen LogP contribution is 2.21. The number of carbonyl (C=O) groups excluding carboxylic acids is 1. The van der Waals surface area contributed by atoms with E-state index in [1.54, 1.807) is 28.0 Å². The van der Waals surface area contributed by atoms with E-state index >= 15 is 0 Å². The molecule has 160 valence electrons. The molecule has 0 radical (unpaired) electrons. The zero-order chi connectivity index (χ0) is 21.7. The average molecular weight is 412 g/mol. The van der Waals surface area contributed by atoms with Crippen molar-refractivity contribution in [2.24, 2.45) is 7.05 Å². The first kappa shape index (κ1) is 21.6. The Balaban J connectivity index is 1.79. The van der Waals surface area contributed by atoms with Gasteiger partial charge < -0.3 is 14.7 Å². The van der Waals surface area contributed by atoms with Crippen molar-refractivity contribution in [1.82, 2.24) is 14.0 Å². The first-order valence-electron chi connectivity index (χ1n) is 10.2. The number of fused-ring (bicyclic) bond motifs is 1. The van der Waals surface area contributed by atoms with Crippen molar-refractivity contribution >= 4 is 16.9 Å². The van der Waals surface area contributed by atoms with E-state index in [1.165, 1.54) is 0 Å². The van der Waals surface area contributed by atoms with Crippen molar-refractivity contribution in [3.63, 3.8) is 0 Å². The highest BCUT2D eigenvalue weighted by molar-refractivity contribution is 5.78. The molecule has 0 saturated heterocycles. The summed E-state index contributed by atoms with van der Waals surface area (Å²) in [5.74, 6) is 0.607. The van der Waals surface area contributed by atoms with Gasteiger partial charge in [0.15, 0.2) is 0 Å². The molecular formula is C23H29N3O4. The van der Waals surface area contributed by atoms with E-state index in [4.69, 9.17) is 4.74 Å². The number of rotatable bonds is 9. The highest BCUT2D eigenvalue weighted by Gasteiger charge is 2.19. The molecule has 7 heteroatoms. The van der Waals surface area contributed by atoms with Gasteiger partial charge in [-0.25, -0.2) is 4.79 Å². The van der Waals surface area contributed by atoms with Gasteiger partial charge in [-0.15, -0.1) is 0 Å². The maximum absolute atomic E-state index is 13.0. The van der Waals surface area contributed by atoms with Crippen LogP contribution < -0.4 is 10.4 Å². The van der Waals surface area contributed by atoms with E-state index < -0.39 is 6.10 Å². The van der Waals surface area contributed by atoms with Crippen molar-refractivity contribution in [3.05, 3.63) is 64.6 Å². The van der Waals surface area contributed by atoms with Crippen LogP contribution in [0.2, 0.25) is 0 Å². The molecule has 3 rings (SSSR count). The van der Waals surface area contributed by atoms with Crippen LogP contribution in [-0.4, -0.2) is 44.3 Å². The normalized spacial score (nSPS) is 12.1. The predicted octanol–water partition coefficient (Wildman–Crippen LogP) is 2.54. The topological polar surface area (TPSA) is 76.7 Å². The monoisotopic (exact) mass is 411 g/mol. The number of hydrogen-bond donors (Lipinski definition) is 1. The average Bonchev–Trinajstić information content (AvgIpc) is 2.97. The largest absolute Gasteiger partial charge is 0.494 e. The molecule has 0 fully saturated rings. The minimum atomic E-state index is -0.659. The van der Waals surface area contributed by atoms with Gasteiger partial charge in [0.1, 0.15) is 5.75 Å². The molecule has 0 saturated carbocycles. The molecule has 0 aliphatic carbocycles. The molecule has 0 aliphatic heterocycles. The van der Waals surface area contributed by atoms with E-state index in [0.29, 0.717) is 13.2 Å². The van der Waals surface area contributed by atoms with Gasteiger partial charge in [-0.1, -0.05) is 30.3 Å². The van der Waals surface area contributed by atoms with Crippen LogP contribution in [0.1, 0.15) is 25.8 Å². The van der Waals surface area contributed by atoms with Crippen LogP contribution in [0.4, 0.5) is 0 Å². The number of ether oxygens (including phenoxy) is 1. The number of amides is 1. The van der Waals surface area contributed by atoms with Crippen LogP contribution in [0.5, 0.6) is 5.75 Å².